The van der Waals surface area contributed by atoms with E-state index in [0.29, 0.717) is 0 Å². The van der Waals surface area contributed by atoms with E-state index in [2.05, 4.69) is 138 Å². The molecule has 0 N–H and O–H groups in total. The van der Waals surface area contributed by atoms with Crippen molar-refractivity contribution in [2.75, 3.05) is 4.90 Å². The first-order valence-corrected chi connectivity index (χ1v) is 16.4. The predicted molar refractivity (Wildman–Crippen MR) is 191 cm³/mol. The average molecular weight is 615 g/mol. The van der Waals surface area contributed by atoms with Gasteiger partial charge in [-0.3, -0.25) is 0 Å². The van der Waals surface area contributed by atoms with Crippen LogP contribution in [0.1, 0.15) is 22.3 Å². The van der Waals surface area contributed by atoms with Gasteiger partial charge in [0.1, 0.15) is 23.0 Å². The summed E-state index contributed by atoms with van der Waals surface area (Å²) in [5, 5.41) is 0. The van der Waals surface area contributed by atoms with Crippen molar-refractivity contribution in [2.45, 2.75) is 5.41 Å². The van der Waals surface area contributed by atoms with Crippen LogP contribution in [0.3, 0.4) is 0 Å². The van der Waals surface area contributed by atoms with Gasteiger partial charge in [-0.1, -0.05) is 109 Å². The summed E-state index contributed by atoms with van der Waals surface area (Å²) < 4.78 is 19.6. The Kier molecular flexibility index (Phi) is 5.09. The zero-order valence-electron chi connectivity index (χ0n) is 25.8. The van der Waals surface area contributed by atoms with Crippen molar-refractivity contribution in [1.29, 1.82) is 0 Å². The van der Waals surface area contributed by atoms with Gasteiger partial charge in [-0.2, -0.15) is 0 Å². The van der Waals surface area contributed by atoms with Gasteiger partial charge in [-0.15, -0.1) is 0 Å². The second-order valence-corrected chi connectivity index (χ2v) is 12.7. The zero-order valence-corrected chi connectivity index (χ0v) is 25.8. The van der Waals surface area contributed by atoms with Crippen LogP contribution in [0, 0.1) is 0 Å². The minimum Gasteiger partial charge on any atom is -0.521 e. The monoisotopic (exact) mass is 615 g/mol. The van der Waals surface area contributed by atoms with Crippen LogP contribution in [0.2, 0.25) is 0 Å². The Morgan fingerprint density at radius 1 is 0.417 bits per heavy atom. The summed E-state index contributed by atoms with van der Waals surface area (Å²) >= 11 is 0. The molecule has 0 atom stereocenters. The summed E-state index contributed by atoms with van der Waals surface area (Å²) in [6.07, 6.45) is 0. The van der Waals surface area contributed by atoms with E-state index in [1.54, 1.807) is 0 Å². The number of fused-ring (bicyclic) bond motifs is 12. The average Bonchev–Trinajstić information content (AvgIpc) is 3.15. The molecule has 0 saturated heterocycles. The van der Waals surface area contributed by atoms with Crippen LogP contribution in [0.4, 0.5) is 17.1 Å². The molecule has 7 aromatic rings. The molecule has 0 bridgehead atoms. The molecule has 4 aliphatic rings. The van der Waals surface area contributed by atoms with Crippen molar-refractivity contribution in [3.8, 4) is 45.3 Å². The van der Waals surface area contributed by atoms with Crippen LogP contribution >= 0.6 is 0 Å². The summed E-state index contributed by atoms with van der Waals surface area (Å²) in [4.78, 5) is 2.44. The lowest BCUT2D eigenvalue weighted by atomic mass is 9.61. The van der Waals surface area contributed by atoms with Crippen molar-refractivity contribution < 1.29 is 14.0 Å². The van der Waals surface area contributed by atoms with E-state index in [0.717, 1.165) is 78.9 Å². The van der Waals surface area contributed by atoms with E-state index >= 15 is 0 Å². The van der Waals surface area contributed by atoms with Crippen molar-refractivity contribution in [3.63, 3.8) is 0 Å². The summed E-state index contributed by atoms with van der Waals surface area (Å²) in [7, 11) is -0.520. The molecule has 4 heterocycles. The van der Waals surface area contributed by atoms with Gasteiger partial charge < -0.3 is 18.9 Å². The fraction of sp³-hybridized carbons (Fsp3) is 0.0233. The second-order valence-electron chi connectivity index (χ2n) is 12.7. The Morgan fingerprint density at radius 2 is 0.833 bits per heavy atom. The molecule has 0 amide bonds. The van der Waals surface area contributed by atoms with Gasteiger partial charge in [-0.05, 0) is 70.8 Å². The summed E-state index contributed by atoms with van der Waals surface area (Å²) in [5.41, 5.74) is 12.9. The molecule has 0 unspecified atom stereocenters. The van der Waals surface area contributed by atoms with Crippen LogP contribution in [0.5, 0.6) is 23.0 Å². The van der Waals surface area contributed by atoms with Crippen LogP contribution in [-0.2, 0) is 5.41 Å². The van der Waals surface area contributed by atoms with E-state index in [-0.39, 0.29) is 0 Å². The number of hydrogen-bond donors (Lipinski definition) is 0. The highest BCUT2D eigenvalue weighted by atomic mass is 16.6. The molecule has 4 aliphatic heterocycles. The summed E-state index contributed by atoms with van der Waals surface area (Å²) in [5.74, 6) is 3.41. The third-order valence-corrected chi connectivity index (χ3v) is 10.4. The fourth-order valence-corrected chi connectivity index (χ4v) is 8.52. The third-order valence-electron chi connectivity index (χ3n) is 10.4. The molecule has 5 heteroatoms. The number of hydrogen-bond acceptors (Lipinski definition) is 4. The SMILES string of the molecule is c1ccc2c(c1)OB1Oc3ccccc3-c3cc(N4c5ccccc5C5(c6ccccc6Oc6ccccc65)c5ccccc54)cc-2c31. The van der Waals surface area contributed by atoms with Gasteiger partial charge in [0, 0.05) is 33.4 Å². The smallest absolute Gasteiger partial charge is 0.521 e. The first-order valence-electron chi connectivity index (χ1n) is 16.4. The van der Waals surface area contributed by atoms with Crippen molar-refractivity contribution >= 4 is 29.6 Å². The fourth-order valence-electron chi connectivity index (χ4n) is 8.52. The molecular formula is C43H26BNO3. The molecule has 48 heavy (non-hydrogen) atoms. The lowest BCUT2D eigenvalue weighted by Gasteiger charge is -2.48. The van der Waals surface area contributed by atoms with Crippen LogP contribution in [0.15, 0.2) is 158 Å². The number of para-hydroxylation sites is 6. The molecular weight excluding hydrogens is 589 g/mol. The lowest BCUT2D eigenvalue weighted by Crippen LogP contribution is -2.49. The maximum atomic E-state index is 6.58. The first-order chi connectivity index (χ1) is 23.8. The van der Waals surface area contributed by atoms with Crippen molar-refractivity contribution in [3.05, 3.63) is 180 Å². The zero-order chi connectivity index (χ0) is 31.4. The molecule has 224 valence electrons. The summed E-state index contributed by atoms with van der Waals surface area (Å²) in [6, 6.07) is 55.9. The molecule has 1 spiro atoms. The van der Waals surface area contributed by atoms with Gasteiger partial charge >= 0.3 is 7.12 Å². The highest BCUT2D eigenvalue weighted by Gasteiger charge is 2.51. The van der Waals surface area contributed by atoms with Gasteiger partial charge in [-0.25, -0.2) is 0 Å². The first kappa shape index (κ1) is 25.9. The van der Waals surface area contributed by atoms with Crippen LogP contribution < -0.4 is 24.4 Å². The molecule has 0 aliphatic carbocycles. The molecule has 0 saturated carbocycles. The van der Waals surface area contributed by atoms with Gasteiger partial charge in [0.15, 0.2) is 0 Å². The summed E-state index contributed by atoms with van der Waals surface area (Å²) in [6.45, 7) is 0. The minimum atomic E-state index is -0.580. The number of rotatable bonds is 1. The molecule has 0 fully saturated rings. The molecule has 0 radical (unpaired) electrons. The minimum absolute atomic E-state index is 0.520. The standard InChI is InChI=1S/C43H26BNO3/c1-9-21-38-28(13-1)30-25-27(26-31-29-14-2-10-22-39(29)48-44(47-38)42(30)31)45-36-19-7-3-15-32(36)43(33-16-4-8-20-37(33)45)34-17-5-11-23-40(34)46-41-24-12-6-18-35(41)43/h1-26H. The number of anilines is 3. The molecule has 7 aromatic carbocycles. The lowest BCUT2D eigenvalue weighted by molar-refractivity contribution is 0.434. The van der Waals surface area contributed by atoms with Crippen LogP contribution in [0.25, 0.3) is 22.3 Å². The van der Waals surface area contributed by atoms with E-state index in [1.807, 2.05) is 24.3 Å². The van der Waals surface area contributed by atoms with Gasteiger partial charge in [0.05, 0.1) is 16.8 Å². The largest absolute Gasteiger partial charge is 0.633 e. The molecule has 4 nitrogen and oxygen atoms in total. The third kappa shape index (κ3) is 3.25. The number of ether oxygens (including phenoxy) is 1. The molecule has 11 rings (SSSR count). The van der Waals surface area contributed by atoms with E-state index in [4.69, 9.17) is 14.0 Å². The predicted octanol–water partition coefficient (Wildman–Crippen LogP) is 9.77. The highest BCUT2D eigenvalue weighted by molar-refractivity contribution is 6.68. The Morgan fingerprint density at radius 3 is 1.35 bits per heavy atom. The Balaban J connectivity index is 1.24. The highest BCUT2D eigenvalue weighted by Crippen LogP contribution is 2.63. The Hall–Kier alpha value is -6.20. The Bertz CT molecular complexity index is 2320. The second kappa shape index (κ2) is 9.43. The van der Waals surface area contributed by atoms with E-state index in [1.165, 1.54) is 11.1 Å². The number of benzene rings is 7. The maximum Gasteiger partial charge on any atom is 0.633 e. The van der Waals surface area contributed by atoms with E-state index < -0.39 is 12.5 Å². The quantitative estimate of drug-likeness (QED) is 0.172. The van der Waals surface area contributed by atoms with Crippen molar-refractivity contribution in [1.82, 2.24) is 0 Å². The topological polar surface area (TPSA) is 30.9 Å². The molecule has 0 aromatic heterocycles. The number of nitrogens with zero attached hydrogens (tertiary/aromatic N) is 1. The van der Waals surface area contributed by atoms with Gasteiger partial charge in [0.2, 0.25) is 0 Å². The van der Waals surface area contributed by atoms with Crippen LogP contribution in [-0.4, -0.2) is 7.12 Å². The van der Waals surface area contributed by atoms with Gasteiger partial charge in [0.25, 0.3) is 0 Å². The van der Waals surface area contributed by atoms with Crippen molar-refractivity contribution in [2.24, 2.45) is 0 Å². The Labute approximate surface area is 278 Å². The normalized spacial score (nSPS) is 14.8. The van der Waals surface area contributed by atoms with E-state index in [9.17, 15) is 0 Å². The maximum absolute atomic E-state index is 6.58.